The summed E-state index contributed by atoms with van der Waals surface area (Å²) in [5.74, 6) is -1.07. The SMILES string of the molecule is CC(C)(C)OC(=O)N1CCC2(CCC(N)C2)C1.CC(C)(C)OC(=O)N1CCC2(CCC(NC(=O)c3cccc(CC#N)c3)C2)C1.N#CCc1cccc(C(=O)NC2CCC3(CCNC3)C2)c1.N#CCc1cccc(C(=O)O)c1. The van der Waals surface area contributed by atoms with Gasteiger partial charge in [0.2, 0.25) is 0 Å². The summed E-state index contributed by atoms with van der Waals surface area (Å²) in [5, 5.41) is 44.3. The van der Waals surface area contributed by atoms with Crippen molar-refractivity contribution in [2.45, 2.75) is 167 Å². The van der Waals surface area contributed by atoms with E-state index in [1.165, 1.54) is 25.0 Å². The molecular formula is C61H81N9O8. The number of carboxylic acids is 1. The first-order valence-electron chi connectivity index (χ1n) is 27.6. The summed E-state index contributed by atoms with van der Waals surface area (Å²) in [6.07, 6.45) is 13.3. The van der Waals surface area contributed by atoms with Crippen LogP contribution in [0.2, 0.25) is 0 Å². The first-order chi connectivity index (χ1) is 36.9. The van der Waals surface area contributed by atoms with Gasteiger partial charge >= 0.3 is 18.2 Å². The van der Waals surface area contributed by atoms with Crippen molar-refractivity contribution >= 4 is 30.0 Å². The second kappa shape index (κ2) is 26.6. The molecular weight excluding hydrogens is 987 g/mol. The maximum absolute atomic E-state index is 12.6. The smallest absolute Gasteiger partial charge is 0.410 e. The zero-order chi connectivity index (χ0) is 56.7. The Hall–Kier alpha value is -7.00. The lowest BCUT2D eigenvalue weighted by molar-refractivity contribution is 0.0263. The topological polar surface area (TPSA) is 264 Å². The second-order valence-electron chi connectivity index (χ2n) is 24.5. The number of hydrogen-bond acceptors (Lipinski definition) is 12. The van der Waals surface area contributed by atoms with E-state index in [-0.39, 0.29) is 58.9 Å². The molecule has 78 heavy (non-hydrogen) atoms. The van der Waals surface area contributed by atoms with E-state index in [9.17, 15) is 24.0 Å². The second-order valence-corrected chi connectivity index (χ2v) is 24.5. The molecule has 9 rings (SSSR count). The fraction of sp³-hybridized carbons (Fsp3) is 0.574. The Labute approximate surface area is 461 Å². The van der Waals surface area contributed by atoms with Crippen LogP contribution < -0.4 is 21.7 Å². The molecule has 3 saturated heterocycles. The molecule has 6 unspecified atom stereocenters. The molecule has 3 aromatic carbocycles. The van der Waals surface area contributed by atoms with Crippen molar-refractivity contribution < 1.29 is 38.6 Å². The van der Waals surface area contributed by atoms with Gasteiger partial charge in [-0.1, -0.05) is 36.4 Å². The molecule has 17 heteroatoms. The van der Waals surface area contributed by atoms with Gasteiger partial charge in [0.05, 0.1) is 43.0 Å². The van der Waals surface area contributed by atoms with Crippen molar-refractivity contribution in [3.8, 4) is 18.2 Å². The number of nitriles is 3. The fourth-order valence-corrected chi connectivity index (χ4v) is 11.9. The van der Waals surface area contributed by atoms with Crippen LogP contribution in [0.5, 0.6) is 0 Å². The van der Waals surface area contributed by atoms with E-state index in [0.717, 1.165) is 107 Å². The number of hydrogen-bond donors (Lipinski definition) is 5. The van der Waals surface area contributed by atoms with Crippen LogP contribution in [0.3, 0.4) is 0 Å². The van der Waals surface area contributed by atoms with Gasteiger partial charge in [0.15, 0.2) is 0 Å². The Balaban J connectivity index is 0.000000176. The number of amides is 4. The molecule has 3 spiro atoms. The van der Waals surface area contributed by atoms with Crippen LogP contribution >= 0.6 is 0 Å². The maximum Gasteiger partial charge on any atom is 0.410 e. The highest BCUT2D eigenvalue weighted by Gasteiger charge is 2.47. The molecule has 3 aliphatic carbocycles. The first-order valence-corrected chi connectivity index (χ1v) is 27.6. The zero-order valence-electron chi connectivity index (χ0n) is 46.6. The van der Waals surface area contributed by atoms with E-state index in [1.807, 2.05) is 88.9 Å². The summed E-state index contributed by atoms with van der Waals surface area (Å²) in [4.78, 5) is 63.4. The Morgan fingerprint density at radius 1 is 0.615 bits per heavy atom. The number of carbonyl (C=O) groups is 5. The summed E-state index contributed by atoms with van der Waals surface area (Å²) in [6, 6.07) is 27.9. The molecule has 3 aliphatic heterocycles. The summed E-state index contributed by atoms with van der Waals surface area (Å²) in [6.45, 7) is 16.6. The predicted octanol–water partition coefficient (Wildman–Crippen LogP) is 9.25. The van der Waals surface area contributed by atoms with Crippen LogP contribution in [0.1, 0.15) is 166 Å². The molecule has 6 atom stereocenters. The minimum Gasteiger partial charge on any atom is -0.478 e. The molecule has 0 aromatic heterocycles. The van der Waals surface area contributed by atoms with Gasteiger partial charge in [-0.15, -0.1) is 0 Å². The number of ether oxygens (including phenoxy) is 2. The number of carbonyl (C=O) groups excluding carboxylic acids is 4. The predicted molar refractivity (Wildman–Crippen MR) is 296 cm³/mol. The molecule has 3 saturated carbocycles. The Morgan fingerprint density at radius 2 is 1.03 bits per heavy atom. The van der Waals surface area contributed by atoms with Crippen LogP contribution in [0.4, 0.5) is 9.59 Å². The van der Waals surface area contributed by atoms with E-state index in [4.69, 9.17) is 36.1 Å². The van der Waals surface area contributed by atoms with Gasteiger partial charge in [-0.05, 0) is 194 Å². The maximum atomic E-state index is 12.6. The molecule has 17 nitrogen and oxygen atoms in total. The normalized spacial score (nSPS) is 24.8. The lowest BCUT2D eigenvalue weighted by atomic mass is 9.85. The summed E-state index contributed by atoms with van der Waals surface area (Å²) in [7, 11) is 0. The molecule has 3 heterocycles. The lowest BCUT2D eigenvalue weighted by Gasteiger charge is -2.27. The van der Waals surface area contributed by atoms with E-state index in [1.54, 1.807) is 29.2 Å². The van der Waals surface area contributed by atoms with Crippen LogP contribution in [0.15, 0.2) is 72.8 Å². The summed E-state index contributed by atoms with van der Waals surface area (Å²) >= 11 is 0. The van der Waals surface area contributed by atoms with Gasteiger partial charge in [-0.25, -0.2) is 14.4 Å². The van der Waals surface area contributed by atoms with Crippen molar-refractivity contribution in [3.63, 3.8) is 0 Å². The van der Waals surface area contributed by atoms with Gasteiger partial charge in [0, 0.05) is 62.0 Å². The third kappa shape index (κ3) is 17.8. The molecule has 6 aliphatic rings. The van der Waals surface area contributed by atoms with Crippen molar-refractivity contribution in [2.75, 3.05) is 39.3 Å². The summed E-state index contributed by atoms with van der Waals surface area (Å²) < 4.78 is 10.9. The quantitative estimate of drug-likeness (QED) is 0.141. The Bertz CT molecular complexity index is 2730. The Morgan fingerprint density at radius 3 is 1.42 bits per heavy atom. The number of likely N-dealkylation sites (tertiary alicyclic amines) is 2. The lowest BCUT2D eigenvalue weighted by Crippen LogP contribution is -2.37. The van der Waals surface area contributed by atoms with Crippen LogP contribution in [0, 0.1) is 50.2 Å². The van der Waals surface area contributed by atoms with Crippen molar-refractivity contribution in [3.05, 3.63) is 106 Å². The standard InChI is InChI=1S/C22H29N3O3.C17H21N3O.C13H24N2O2.C9H7NO2/c1-21(2,3)28-20(27)25-12-10-22(15-25)9-7-18(14-22)24-19(26)17-6-4-5-16(13-17)8-11-23;18-8-5-13-2-1-3-14(10-13)16(21)20-15-4-6-17(11-15)7-9-19-12-17;1-12(2,3)17-11(16)15-7-6-13(9-15)5-4-10(14)8-13;10-5-4-7-2-1-3-8(6-7)9(11)12/h4-6,13,18H,7-10,12,14-15H2,1-3H3,(H,24,26);1-3,10,15,19H,4-7,9,11-12H2,(H,20,21);10H,4-9,14H2,1-3H3;1-3,6H,4H2,(H,11,12). The Kier molecular flexibility index (Phi) is 20.5. The average molecular weight is 1070 g/mol. The van der Waals surface area contributed by atoms with Gasteiger partial charge in [0.25, 0.3) is 11.8 Å². The van der Waals surface area contributed by atoms with Gasteiger partial charge in [-0.2, -0.15) is 15.8 Å². The number of benzene rings is 3. The fourth-order valence-electron chi connectivity index (χ4n) is 11.9. The molecule has 6 fully saturated rings. The van der Waals surface area contributed by atoms with Crippen molar-refractivity contribution in [1.82, 2.24) is 25.8 Å². The van der Waals surface area contributed by atoms with Crippen molar-refractivity contribution in [2.24, 2.45) is 22.0 Å². The van der Waals surface area contributed by atoms with Gasteiger partial charge < -0.3 is 46.1 Å². The minimum atomic E-state index is -0.963. The van der Waals surface area contributed by atoms with Crippen LogP contribution in [-0.2, 0) is 28.7 Å². The highest BCUT2D eigenvalue weighted by molar-refractivity contribution is 5.95. The number of nitrogens with one attached hydrogen (secondary N) is 3. The number of rotatable bonds is 8. The summed E-state index contributed by atoms with van der Waals surface area (Å²) in [5.41, 5.74) is 9.83. The number of nitrogens with two attached hydrogens (primary N) is 1. The van der Waals surface area contributed by atoms with E-state index in [0.29, 0.717) is 48.5 Å². The molecule has 4 amide bonds. The molecule has 0 bridgehead atoms. The van der Waals surface area contributed by atoms with Crippen LogP contribution in [0.25, 0.3) is 0 Å². The monoisotopic (exact) mass is 1070 g/mol. The van der Waals surface area contributed by atoms with E-state index >= 15 is 0 Å². The molecule has 418 valence electrons. The highest BCUT2D eigenvalue weighted by atomic mass is 16.6. The number of aromatic carboxylic acids is 1. The van der Waals surface area contributed by atoms with Gasteiger partial charge in [-0.3, -0.25) is 9.59 Å². The number of nitrogens with zero attached hydrogens (tertiary/aromatic N) is 5. The zero-order valence-corrected chi connectivity index (χ0v) is 46.6. The number of carboxylic acid groups (broad SMARTS) is 1. The van der Waals surface area contributed by atoms with Crippen LogP contribution in [-0.4, -0.2) is 113 Å². The minimum absolute atomic E-state index is 0.0113. The first kappa shape index (κ1) is 60.2. The van der Waals surface area contributed by atoms with Gasteiger partial charge in [0.1, 0.15) is 11.2 Å². The van der Waals surface area contributed by atoms with E-state index < -0.39 is 17.2 Å². The third-order valence-electron chi connectivity index (χ3n) is 15.7. The van der Waals surface area contributed by atoms with E-state index in [2.05, 4.69) is 28.1 Å². The average Bonchev–Trinajstić information content (AvgIpc) is 4.29. The molecule has 6 N–H and O–H groups in total. The molecule has 0 radical (unpaired) electrons. The highest BCUT2D eigenvalue weighted by Crippen LogP contribution is 2.47. The van der Waals surface area contributed by atoms with Crippen molar-refractivity contribution in [1.29, 1.82) is 15.8 Å². The largest absolute Gasteiger partial charge is 0.478 e. The molecule has 3 aromatic rings. The third-order valence-corrected chi connectivity index (χ3v) is 15.7.